The standard InChI is InChI=1S/C17H15Cl2FN2O2/c1-10(23)21-16(11-2-4-12(18)5-3-11)9-17(24)22-15-7-6-13(19)8-14(15)20/h2-8,16H,9H2,1H3,(H,21,23)(H,22,24). The minimum atomic E-state index is -0.626. The van der Waals surface area contributed by atoms with Gasteiger partial charge in [-0.2, -0.15) is 0 Å². The van der Waals surface area contributed by atoms with Gasteiger partial charge < -0.3 is 10.6 Å². The van der Waals surface area contributed by atoms with E-state index in [0.29, 0.717) is 5.02 Å². The first-order valence-corrected chi connectivity index (χ1v) is 7.88. The molecule has 2 aromatic rings. The molecule has 0 radical (unpaired) electrons. The van der Waals surface area contributed by atoms with Crippen LogP contribution in [0, 0.1) is 5.82 Å². The van der Waals surface area contributed by atoms with E-state index in [1.807, 2.05) is 0 Å². The van der Waals surface area contributed by atoms with Gasteiger partial charge in [0.25, 0.3) is 0 Å². The van der Waals surface area contributed by atoms with Crippen LogP contribution in [0.1, 0.15) is 24.9 Å². The Hall–Kier alpha value is -2.11. The number of amides is 2. The summed E-state index contributed by atoms with van der Waals surface area (Å²) < 4.78 is 13.7. The van der Waals surface area contributed by atoms with Crippen molar-refractivity contribution in [2.45, 2.75) is 19.4 Å². The Morgan fingerprint density at radius 3 is 2.29 bits per heavy atom. The summed E-state index contributed by atoms with van der Waals surface area (Å²) in [6.07, 6.45) is -0.0523. The third kappa shape index (κ3) is 5.22. The zero-order valence-electron chi connectivity index (χ0n) is 12.8. The Labute approximate surface area is 149 Å². The smallest absolute Gasteiger partial charge is 0.226 e. The maximum Gasteiger partial charge on any atom is 0.226 e. The normalized spacial score (nSPS) is 11.7. The van der Waals surface area contributed by atoms with Gasteiger partial charge in [0.15, 0.2) is 0 Å². The lowest BCUT2D eigenvalue weighted by atomic mass is 10.0. The van der Waals surface area contributed by atoms with Crippen molar-refractivity contribution in [3.8, 4) is 0 Å². The highest BCUT2D eigenvalue weighted by Gasteiger charge is 2.18. The van der Waals surface area contributed by atoms with Crippen LogP contribution in [0.2, 0.25) is 10.0 Å². The van der Waals surface area contributed by atoms with E-state index in [-0.39, 0.29) is 23.0 Å². The molecule has 126 valence electrons. The quantitative estimate of drug-likeness (QED) is 0.824. The number of hydrogen-bond donors (Lipinski definition) is 2. The maximum atomic E-state index is 13.7. The maximum absolute atomic E-state index is 13.7. The Morgan fingerprint density at radius 2 is 1.71 bits per heavy atom. The Balaban J connectivity index is 2.12. The largest absolute Gasteiger partial charge is 0.349 e. The van der Waals surface area contributed by atoms with Gasteiger partial charge in [0, 0.05) is 17.0 Å². The van der Waals surface area contributed by atoms with Gasteiger partial charge in [-0.25, -0.2) is 4.39 Å². The summed E-state index contributed by atoms with van der Waals surface area (Å²) in [7, 11) is 0. The van der Waals surface area contributed by atoms with Crippen LogP contribution in [0.4, 0.5) is 10.1 Å². The number of carbonyl (C=O) groups is 2. The molecule has 4 nitrogen and oxygen atoms in total. The van der Waals surface area contributed by atoms with Crippen LogP contribution in [0.15, 0.2) is 42.5 Å². The Morgan fingerprint density at radius 1 is 1.08 bits per heavy atom. The summed E-state index contributed by atoms with van der Waals surface area (Å²) in [5.74, 6) is -1.34. The second kappa shape index (κ2) is 8.13. The van der Waals surface area contributed by atoms with E-state index in [1.54, 1.807) is 24.3 Å². The molecule has 24 heavy (non-hydrogen) atoms. The van der Waals surface area contributed by atoms with Crippen molar-refractivity contribution in [2.75, 3.05) is 5.32 Å². The first-order chi connectivity index (χ1) is 11.3. The van der Waals surface area contributed by atoms with Crippen LogP contribution < -0.4 is 10.6 Å². The highest BCUT2D eigenvalue weighted by atomic mass is 35.5. The number of carbonyl (C=O) groups excluding carboxylic acids is 2. The molecule has 1 unspecified atom stereocenters. The van der Waals surface area contributed by atoms with Crippen molar-refractivity contribution in [1.29, 1.82) is 0 Å². The van der Waals surface area contributed by atoms with Crippen molar-refractivity contribution in [3.05, 3.63) is 63.9 Å². The van der Waals surface area contributed by atoms with Crippen LogP contribution in [-0.2, 0) is 9.59 Å². The molecular weight excluding hydrogens is 354 g/mol. The van der Waals surface area contributed by atoms with Gasteiger partial charge in [-0.3, -0.25) is 9.59 Å². The second-order valence-corrected chi connectivity index (χ2v) is 6.05. The highest BCUT2D eigenvalue weighted by molar-refractivity contribution is 6.30. The van der Waals surface area contributed by atoms with E-state index in [0.717, 1.165) is 11.6 Å². The second-order valence-electron chi connectivity index (χ2n) is 5.18. The predicted molar refractivity (Wildman–Crippen MR) is 92.7 cm³/mol. The molecule has 0 fully saturated rings. The highest BCUT2D eigenvalue weighted by Crippen LogP contribution is 2.22. The molecule has 0 aromatic heterocycles. The third-order valence-electron chi connectivity index (χ3n) is 3.24. The van der Waals surface area contributed by atoms with Crippen LogP contribution in [0.3, 0.4) is 0 Å². The Bertz CT molecular complexity index is 751. The van der Waals surface area contributed by atoms with Crippen LogP contribution >= 0.6 is 23.2 Å². The SMILES string of the molecule is CC(=O)NC(CC(=O)Nc1ccc(Cl)cc1F)c1ccc(Cl)cc1. The lowest BCUT2D eigenvalue weighted by Crippen LogP contribution is -2.29. The zero-order valence-corrected chi connectivity index (χ0v) is 14.3. The fourth-order valence-corrected chi connectivity index (χ4v) is 2.45. The molecule has 2 rings (SSSR count). The summed E-state index contributed by atoms with van der Waals surface area (Å²) in [5.41, 5.74) is 0.753. The van der Waals surface area contributed by atoms with Gasteiger partial charge in [-0.05, 0) is 35.9 Å². The average Bonchev–Trinajstić information content (AvgIpc) is 2.50. The molecule has 0 heterocycles. The lowest BCUT2D eigenvalue weighted by molar-refractivity contribution is -0.120. The van der Waals surface area contributed by atoms with Crippen molar-refractivity contribution < 1.29 is 14.0 Å². The van der Waals surface area contributed by atoms with Gasteiger partial charge in [0.05, 0.1) is 18.2 Å². The first kappa shape index (κ1) is 18.2. The van der Waals surface area contributed by atoms with Crippen LogP contribution in [0.5, 0.6) is 0 Å². The van der Waals surface area contributed by atoms with E-state index < -0.39 is 17.8 Å². The molecular formula is C17H15Cl2FN2O2. The average molecular weight is 369 g/mol. The van der Waals surface area contributed by atoms with Crippen molar-refractivity contribution >= 4 is 40.7 Å². The van der Waals surface area contributed by atoms with Crippen molar-refractivity contribution in [3.63, 3.8) is 0 Å². The van der Waals surface area contributed by atoms with Gasteiger partial charge in [-0.15, -0.1) is 0 Å². The lowest BCUT2D eigenvalue weighted by Gasteiger charge is -2.18. The fraction of sp³-hybridized carbons (Fsp3) is 0.176. The molecule has 2 N–H and O–H groups in total. The van der Waals surface area contributed by atoms with Gasteiger partial charge >= 0.3 is 0 Å². The molecule has 0 saturated carbocycles. The summed E-state index contributed by atoms with van der Waals surface area (Å²) in [6, 6.07) is 10.2. The summed E-state index contributed by atoms with van der Waals surface area (Å²) in [4.78, 5) is 23.6. The number of anilines is 1. The molecule has 0 aliphatic carbocycles. The van der Waals surface area contributed by atoms with Gasteiger partial charge in [0.1, 0.15) is 5.82 Å². The summed E-state index contributed by atoms with van der Waals surface area (Å²) in [6.45, 7) is 1.36. The molecule has 0 aliphatic heterocycles. The van der Waals surface area contributed by atoms with Crippen LogP contribution in [0.25, 0.3) is 0 Å². The number of nitrogens with one attached hydrogen (secondary N) is 2. The molecule has 2 aromatic carbocycles. The number of rotatable bonds is 5. The van der Waals surface area contributed by atoms with E-state index in [2.05, 4.69) is 10.6 Å². The Kier molecular flexibility index (Phi) is 6.17. The minimum absolute atomic E-state index is 0.0297. The molecule has 0 saturated heterocycles. The molecule has 1 atom stereocenters. The number of halogens is 3. The first-order valence-electron chi connectivity index (χ1n) is 7.12. The minimum Gasteiger partial charge on any atom is -0.349 e. The van der Waals surface area contributed by atoms with E-state index in [1.165, 1.54) is 19.1 Å². The number of benzene rings is 2. The summed E-state index contributed by atoms with van der Waals surface area (Å²) in [5, 5.41) is 5.96. The summed E-state index contributed by atoms with van der Waals surface area (Å²) >= 11 is 11.5. The van der Waals surface area contributed by atoms with Crippen molar-refractivity contribution in [2.24, 2.45) is 0 Å². The third-order valence-corrected chi connectivity index (χ3v) is 3.73. The van der Waals surface area contributed by atoms with E-state index in [4.69, 9.17) is 23.2 Å². The molecule has 0 spiro atoms. The molecule has 2 amide bonds. The molecule has 0 aliphatic rings. The fourth-order valence-electron chi connectivity index (χ4n) is 2.17. The zero-order chi connectivity index (χ0) is 17.7. The van der Waals surface area contributed by atoms with Gasteiger partial charge in [-0.1, -0.05) is 35.3 Å². The predicted octanol–water partition coefficient (Wildman–Crippen LogP) is 4.34. The van der Waals surface area contributed by atoms with Gasteiger partial charge in [0.2, 0.25) is 11.8 Å². The van der Waals surface area contributed by atoms with Crippen LogP contribution in [-0.4, -0.2) is 11.8 Å². The van der Waals surface area contributed by atoms with E-state index in [9.17, 15) is 14.0 Å². The number of hydrogen-bond acceptors (Lipinski definition) is 2. The van der Waals surface area contributed by atoms with E-state index >= 15 is 0 Å². The van der Waals surface area contributed by atoms with Crippen molar-refractivity contribution in [1.82, 2.24) is 5.32 Å². The monoisotopic (exact) mass is 368 g/mol. The molecule has 0 bridgehead atoms. The molecule has 7 heteroatoms. The topological polar surface area (TPSA) is 58.2 Å².